The highest BCUT2D eigenvalue weighted by Crippen LogP contribution is 2.16. The molecule has 2 rings (SSSR count). The van der Waals surface area contributed by atoms with Gasteiger partial charge in [0.2, 0.25) is 10.0 Å². The smallest absolute Gasteiger partial charge is 0.251 e. The average Bonchev–Trinajstić information content (AvgIpc) is 2.98. The lowest BCUT2D eigenvalue weighted by Gasteiger charge is -2.12. The fourth-order valence-electron chi connectivity index (χ4n) is 2.02. The van der Waals surface area contributed by atoms with E-state index in [1.165, 1.54) is 18.4 Å². The van der Waals surface area contributed by atoms with Gasteiger partial charge in [-0.3, -0.25) is 4.79 Å². The number of hydrogen-bond acceptors (Lipinski definition) is 4. The molecule has 2 N–H and O–H groups in total. The van der Waals surface area contributed by atoms with Gasteiger partial charge in [0.1, 0.15) is 5.76 Å². The number of nitrogens with one attached hydrogen (secondary N) is 2. The molecule has 0 radical (unpaired) electrons. The van der Waals surface area contributed by atoms with Crippen molar-refractivity contribution in [2.45, 2.75) is 38.3 Å². The number of aryl methyl sites for hydroxylation is 1. The number of amides is 1. The molecular weight excluding hydrogens is 316 g/mol. The van der Waals surface area contributed by atoms with Crippen LogP contribution >= 0.6 is 0 Å². The lowest BCUT2D eigenvalue weighted by molar-refractivity contribution is 0.0942. The fraction of sp³-hybridized carbons (Fsp3) is 0.312. The first-order valence-corrected chi connectivity index (χ1v) is 8.71. The maximum Gasteiger partial charge on any atom is 0.251 e. The lowest BCUT2D eigenvalue weighted by Crippen LogP contribution is -2.31. The number of rotatable bonds is 6. The summed E-state index contributed by atoms with van der Waals surface area (Å²) in [6.07, 6.45) is 1.48. The van der Waals surface area contributed by atoms with E-state index in [1.54, 1.807) is 25.1 Å². The van der Waals surface area contributed by atoms with Gasteiger partial charge in [0.25, 0.3) is 5.91 Å². The van der Waals surface area contributed by atoms with Crippen molar-refractivity contribution in [3.8, 4) is 0 Å². The molecule has 0 aliphatic carbocycles. The van der Waals surface area contributed by atoms with Crippen LogP contribution in [0.1, 0.15) is 35.5 Å². The molecular formula is C16H20N2O4S. The highest BCUT2D eigenvalue weighted by atomic mass is 32.2. The van der Waals surface area contributed by atoms with Gasteiger partial charge in [-0.2, -0.15) is 0 Å². The van der Waals surface area contributed by atoms with Crippen molar-refractivity contribution in [1.29, 1.82) is 0 Å². The van der Waals surface area contributed by atoms with Crippen LogP contribution in [-0.4, -0.2) is 20.4 Å². The third-order valence-electron chi connectivity index (χ3n) is 3.20. The first kappa shape index (κ1) is 17.2. The summed E-state index contributed by atoms with van der Waals surface area (Å²) in [6.45, 7) is 5.51. The van der Waals surface area contributed by atoms with Crippen LogP contribution < -0.4 is 10.0 Å². The summed E-state index contributed by atoms with van der Waals surface area (Å²) >= 11 is 0. The maximum atomic E-state index is 12.4. The summed E-state index contributed by atoms with van der Waals surface area (Å²) in [6, 6.07) is 7.82. The molecule has 7 heteroatoms. The molecule has 0 fully saturated rings. The Bertz CT molecular complexity index is 780. The highest BCUT2D eigenvalue weighted by molar-refractivity contribution is 7.89. The van der Waals surface area contributed by atoms with Gasteiger partial charge >= 0.3 is 0 Å². The molecule has 0 spiro atoms. The zero-order valence-electron chi connectivity index (χ0n) is 13.3. The molecule has 1 aromatic carbocycles. The van der Waals surface area contributed by atoms with E-state index in [0.717, 1.165) is 0 Å². The lowest BCUT2D eigenvalue weighted by atomic mass is 10.1. The van der Waals surface area contributed by atoms with Crippen LogP contribution in [0, 0.1) is 6.92 Å². The Kier molecular flexibility index (Phi) is 5.23. The Balaban J connectivity index is 2.23. The van der Waals surface area contributed by atoms with Crippen LogP contribution in [-0.2, 0) is 16.6 Å². The third kappa shape index (κ3) is 4.43. The molecule has 23 heavy (non-hydrogen) atoms. The SMILES string of the molecule is Cc1ccc(S(=O)(=O)NCc2ccco2)cc1C(=O)NC(C)C. The highest BCUT2D eigenvalue weighted by Gasteiger charge is 2.18. The van der Waals surface area contributed by atoms with E-state index in [-0.39, 0.29) is 23.4 Å². The predicted molar refractivity (Wildman–Crippen MR) is 86.5 cm³/mol. The maximum absolute atomic E-state index is 12.4. The summed E-state index contributed by atoms with van der Waals surface area (Å²) in [5, 5.41) is 2.76. The normalized spacial score (nSPS) is 11.7. The summed E-state index contributed by atoms with van der Waals surface area (Å²) in [7, 11) is -3.73. The second-order valence-electron chi connectivity index (χ2n) is 5.51. The number of sulfonamides is 1. The van der Waals surface area contributed by atoms with Crippen molar-refractivity contribution < 1.29 is 17.6 Å². The van der Waals surface area contributed by atoms with Crippen LogP contribution in [0.5, 0.6) is 0 Å². The van der Waals surface area contributed by atoms with E-state index < -0.39 is 10.0 Å². The van der Waals surface area contributed by atoms with Crippen LogP contribution in [0.25, 0.3) is 0 Å². The van der Waals surface area contributed by atoms with E-state index in [4.69, 9.17) is 4.42 Å². The Morgan fingerprint density at radius 3 is 2.61 bits per heavy atom. The van der Waals surface area contributed by atoms with Crippen molar-refractivity contribution in [3.05, 3.63) is 53.5 Å². The number of furan rings is 1. The van der Waals surface area contributed by atoms with E-state index in [1.807, 2.05) is 13.8 Å². The van der Waals surface area contributed by atoms with Crippen molar-refractivity contribution in [3.63, 3.8) is 0 Å². The fourth-order valence-corrected chi connectivity index (χ4v) is 3.03. The molecule has 0 saturated heterocycles. The van der Waals surface area contributed by atoms with Crippen molar-refractivity contribution in [2.75, 3.05) is 0 Å². The quantitative estimate of drug-likeness (QED) is 0.846. The van der Waals surface area contributed by atoms with Gasteiger partial charge in [0.05, 0.1) is 17.7 Å². The number of benzene rings is 1. The Hall–Kier alpha value is -2.12. The van der Waals surface area contributed by atoms with Gasteiger partial charge in [0, 0.05) is 11.6 Å². The number of carbonyl (C=O) groups excluding carboxylic acids is 1. The minimum Gasteiger partial charge on any atom is -0.468 e. The molecule has 1 heterocycles. The molecule has 0 atom stereocenters. The van der Waals surface area contributed by atoms with Gasteiger partial charge in [-0.15, -0.1) is 0 Å². The topological polar surface area (TPSA) is 88.4 Å². The van der Waals surface area contributed by atoms with Gasteiger partial charge in [-0.25, -0.2) is 13.1 Å². The van der Waals surface area contributed by atoms with Crippen molar-refractivity contribution in [2.24, 2.45) is 0 Å². The molecule has 6 nitrogen and oxygen atoms in total. The molecule has 0 aliphatic heterocycles. The van der Waals surface area contributed by atoms with Crippen LogP contribution in [0.15, 0.2) is 45.9 Å². The zero-order valence-corrected chi connectivity index (χ0v) is 14.1. The van der Waals surface area contributed by atoms with E-state index >= 15 is 0 Å². The van der Waals surface area contributed by atoms with E-state index in [0.29, 0.717) is 16.9 Å². The standard InChI is InChI=1S/C16H20N2O4S/c1-11(2)18-16(19)15-9-14(7-6-12(15)3)23(20,21)17-10-13-5-4-8-22-13/h4-9,11,17H,10H2,1-3H3,(H,18,19). The van der Waals surface area contributed by atoms with Crippen LogP contribution in [0.3, 0.4) is 0 Å². The first-order chi connectivity index (χ1) is 10.8. The summed E-state index contributed by atoms with van der Waals surface area (Å²) in [5.41, 5.74) is 1.06. The number of hydrogen-bond donors (Lipinski definition) is 2. The molecule has 124 valence electrons. The molecule has 0 bridgehead atoms. The van der Waals surface area contributed by atoms with Crippen molar-refractivity contribution >= 4 is 15.9 Å². The number of carbonyl (C=O) groups is 1. The van der Waals surface area contributed by atoms with E-state index in [9.17, 15) is 13.2 Å². The Morgan fingerprint density at radius 2 is 2.00 bits per heavy atom. The molecule has 0 unspecified atom stereocenters. The predicted octanol–water partition coefficient (Wildman–Crippen LogP) is 2.20. The molecule has 1 aromatic heterocycles. The van der Waals surface area contributed by atoms with Gasteiger partial charge in [-0.05, 0) is 50.6 Å². The van der Waals surface area contributed by atoms with Crippen LogP contribution in [0.2, 0.25) is 0 Å². The van der Waals surface area contributed by atoms with Gasteiger partial charge < -0.3 is 9.73 Å². The molecule has 0 saturated carbocycles. The van der Waals surface area contributed by atoms with Crippen LogP contribution in [0.4, 0.5) is 0 Å². The Morgan fingerprint density at radius 1 is 1.26 bits per heavy atom. The third-order valence-corrected chi connectivity index (χ3v) is 4.60. The average molecular weight is 336 g/mol. The molecule has 1 amide bonds. The Labute approximate surface area is 135 Å². The molecule has 0 aliphatic rings. The largest absolute Gasteiger partial charge is 0.468 e. The minimum absolute atomic E-state index is 0.0285. The van der Waals surface area contributed by atoms with Crippen molar-refractivity contribution in [1.82, 2.24) is 10.0 Å². The van der Waals surface area contributed by atoms with Gasteiger partial charge in [0.15, 0.2) is 0 Å². The van der Waals surface area contributed by atoms with E-state index in [2.05, 4.69) is 10.0 Å². The van der Waals surface area contributed by atoms with Gasteiger partial charge in [-0.1, -0.05) is 6.07 Å². The summed E-state index contributed by atoms with van der Waals surface area (Å²) in [5.74, 6) is 0.221. The second kappa shape index (κ2) is 6.97. The monoisotopic (exact) mass is 336 g/mol. The first-order valence-electron chi connectivity index (χ1n) is 7.23. The summed E-state index contributed by atoms with van der Waals surface area (Å²) < 4.78 is 32.3. The minimum atomic E-state index is -3.73. The summed E-state index contributed by atoms with van der Waals surface area (Å²) in [4.78, 5) is 12.2. The molecule has 2 aromatic rings. The second-order valence-corrected chi connectivity index (χ2v) is 7.28. The zero-order chi connectivity index (χ0) is 17.0.